The average molecular weight is 545 g/mol. The predicted molar refractivity (Wildman–Crippen MR) is 153 cm³/mol. The molecule has 4 nitrogen and oxygen atoms in total. The first-order valence-corrected chi connectivity index (χ1v) is 12.5. The first kappa shape index (κ1) is 28.8. The van der Waals surface area contributed by atoms with Gasteiger partial charge >= 0.3 is 0 Å². The van der Waals surface area contributed by atoms with E-state index in [0.717, 1.165) is 11.1 Å². The predicted octanol–water partition coefficient (Wildman–Crippen LogP) is 7.63. The smallest absolute Gasteiger partial charge is 0.185 e. The number of aliphatic hydroxyl groups excluding tert-OH is 2. The zero-order valence-electron chi connectivity index (χ0n) is 20.3. The van der Waals surface area contributed by atoms with E-state index in [1.807, 2.05) is 60.7 Å². The van der Waals surface area contributed by atoms with Crippen molar-refractivity contribution in [1.82, 2.24) is 0 Å². The highest BCUT2D eigenvalue weighted by Crippen LogP contribution is 2.16. The highest BCUT2D eigenvalue weighted by Gasteiger charge is 2.06. The Kier molecular flexibility index (Phi) is 11.2. The number of hydrogen-bond donors (Lipinski definition) is 2. The van der Waals surface area contributed by atoms with Gasteiger partial charge in [0.1, 0.15) is 0 Å². The van der Waals surface area contributed by atoms with Crippen LogP contribution < -0.4 is 0 Å². The second-order valence-electron chi connectivity index (χ2n) is 8.17. The Bertz CT molecular complexity index is 1260. The minimum atomic E-state index is -0.780. The highest BCUT2D eigenvalue weighted by molar-refractivity contribution is 6.31. The summed E-state index contributed by atoms with van der Waals surface area (Å²) in [5.41, 5.74) is 2.59. The van der Waals surface area contributed by atoms with Gasteiger partial charge in [0.2, 0.25) is 0 Å². The summed E-state index contributed by atoms with van der Waals surface area (Å²) in [5, 5.41) is 21.0. The Balaban J connectivity index is 0.000000211. The lowest BCUT2D eigenvalue weighted by atomic mass is 10.1. The maximum atomic E-state index is 11.9. The van der Waals surface area contributed by atoms with Gasteiger partial charge in [-0.15, -0.1) is 0 Å². The molecule has 0 aliphatic heterocycles. The molecule has 4 aromatic rings. The number of carbonyl (C=O) groups is 2. The van der Waals surface area contributed by atoms with Gasteiger partial charge in [-0.05, 0) is 84.0 Å². The molecule has 0 bridgehead atoms. The number of benzene rings is 4. The fourth-order valence-corrected chi connectivity index (χ4v) is 3.55. The molecule has 2 atom stereocenters. The van der Waals surface area contributed by atoms with Crippen LogP contribution in [-0.2, 0) is 0 Å². The standard InChI is InChI=1S/2C16H13ClO2/c2*17-14-8-6-13(7-9-14)16(19)11-10-15(18)12-4-2-1-3-5-12/h2*1-11,15,18H/b2*11-10+/t2*15-/m00/s1. The minimum absolute atomic E-state index is 0.161. The molecule has 4 rings (SSSR count). The highest BCUT2D eigenvalue weighted by atomic mass is 35.5. The number of allylic oxidation sites excluding steroid dienone is 2. The molecule has 0 radical (unpaired) electrons. The van der Waals surface area contributed by atoms with Crippen LogP contribution in [0.15, 0.2) is 133 Å². The third-order valence-corrected chi connectivity index (χ3v) is 5.90. The number of halogens is 2. The Hall–Kier alpha value is -3.80. The zero-order valence-corrected chi connectivity index (χ0v) is 21.8. The quantitative estimate of drug-likeness (QED) is 0.176. The lowest BCUT2D eigenvalue weighted by Crippen LogP contribution is -1.97. The van der Waals surface area contributed by atoms with Gasteiger partial charge in [0.15, 0.2) is 11.6 Å². The largest absolute Gasteiger partial charge is 0.384 e. The lowest BCUT2D eigenvalue weighted by molar-refractivity contribution is 0.103. The molecule has 0 saturated carbocycles. The van der Waals surface area contributed by atoms with Crippen LogP contribution in [0.4, 0.5) is 0 Å². The van der Waals surface area contributed by atoms with Crippen molar-refractivity contribution in [1.29, 1.82) is 0 Å². The molecule has 0 unspecified atom stereocenters. The zero-order chi connectivity index (χ0) is 27.3. The summed E-state index contributed by atoms with van der Waals surface area (Å²) in [7, 11) is 0. The lowest BCUT2D eigenvalue weighted by Gasteiger charge is -2.04. The van der Waals surface area contributed by atoms with Crippen molar-refractivity contribution in [2.24, 2.45) is 0 Å². The molecule has 0 aliphatic rings. The summed E-state index contributed by atoms with van der Waals surface area (Å²) in [4.78, 5) is 23.7. The molecule has 0 heterocycles. The second kappa shape index (κ2) is 14.8. The Morgan fingerprint density at radius 1 is 0.526 bits per heavy atom. The Morgan fingerprint density at radius 3 is 1.16 bits per heavy atom. The summed E-state index contributed by atoms with van der Waals surface area (Å²) in [6.07, 6.45) is 4.15. The SMILES string of the molecule is O=C(/C=C/[C@H](O)c1ccccc1)c1ccc(Cl)cc1.O=C(/C=C/[C@H](O)c1ccccc1)c1ccc(Cl)cc1. The van der Waals surface area contributed by atoms with Gasteiger partial charge in [-0.25, -0.2) is 0 Å². The van der Waals surface area contributed by atoms with Crippen molar-refractivity contribution in [3.05, 3.63) is 166 Å². The van der Waals surface area contributed by atoms with E-state index >= 15 is 0 Å². The summed E-state index contributed by atoms with van der Waals surface area (Å²) >= 11 is 11.5. The summed E-state index contributed by atoms with van der Waals surface area (Å²) in [6.45, 7) is 0. The van der Waals surface area contributed by atoms with Gasteiger partial charge in [0.25, 0.3) is 0 Å². The molecule has 0 fully saturated rings. The van der Waals surface area contributed by atoms with Crippen LogP contribution in [0.1, 0.15) is 44.1 Å². The van der Waals surface area contributed by atoms with Gasteiger partial charge in [-0.2, -0.15) is 0 Å². The van der Waals surface area contributed by atoms with Crippen LogP contribution in [0.2, 0.25) is 10.0 Å². The molecule has 192 valence electrons. The molecule has 38 heavy (non-hydrogen) atoms. The van der Waals surface area contributed by atoms with Gasteiger partial charge in [-0.1, -0.05) is 83.9 Å². The van der Waals surface area contributed by atoms with Crippen molar-refractivity contribution in [2.75, 3.05) is 0 Å². The van der Waals surface area contributed by atoms with Crippen LogP contribution in [0.5, 0.6) is 0 Å². The van der Waals surface area contributed by atoms with E-state index in [0.29, 0.717) is 21.2 Å². The van der Waals surface area contributed by atoms with Crippen molar-refractivity contribution in [3.63, 3.8) is 0 Å². The first-order valence-electron chi connectivity index (χ1n) is 11.8. The van der Waals surface area contributed by atoms with Crippen molar-refractivity contribution in [3.8, 4) is 0 Å². The van der Waals surface area contributed by atoms with E-state index in [-0.39, 0.29) is 11.6 Å². The first-order chi connectivity index (χ1) is 18.3. The summed E-state index contributed by atoms with van der Waals surface area (Å²) in [6, 6.07) is 31.6. The Labute approximate surface area is 232 Å². The fraction of sp³-hybridized carbons (Fsp3) is 0.0625. The normalized spacial score (nSPS) is 12.5. The van der Waals surface area contributed by atoms with E-state index in [1.165, 1.54) is 24.3 Å². The molecular formula is C32H26Cl2O4. The molecule has 2 N–H and O–H groups in total. The van der Waals surface area contributed by atoms with Crippen LogP contribution in [0, 0.1) is 0 Å². The third kappa shape index (κ3) is 9.25. The number of hydrogen-bond acceptors (Lipinski definition) is 4. The number of ketones is 2. The van der Waals surface area contributed by atoms with Crippen LogP contribution in [0.3, 0.4) is 0 Å². The topological polar surface area (TPSA) is 74.6 Å². The number of carbonyl (C=O) groups excluding carboxylic acids is 2. The van der Waals surface area contributed by atoms with Crippen molar-refractivity contribution >= 4 is 34.8 Å². The van der Waals surface area contributed by atoms with E-state index in [1.54, 1.807) is 48.5 Å². The minimum Gasteiger partial charge on any atom is -0.384 e. The van der Waals surface area contributed by atoms with E-state index in [9.17, 15) is 19.8 Å². The van der Waals surface area contributed by atoms with Gasteiger partial charge in [0.05, 0.1) is 12.2 Å². The van der Waals surface area contributed by atoms with E-state index in [2.05, 4.69) is 0 Å². The maximum Gasteiger partial charge on any atom is 0.185 e. The molecule has 0 amide bonds. The molecule has 0 aromatic heterocycles. The average Bonchev–Trinajstić information content (AvgIpc) is 2.96. The van der Waals surface area contributed by atoms with Gasteiger partial charge in [-0.3, -0.25) is 9.59 Å². The van der Waals surface area contributed by atoms with E-state index < -0.39 is 12.2 Å². The van der Waals surface area contributed by atoms with Crippen LogP contribution >= 0.6 is 23.2 Å². The molecule has 0 aliphatic carbocycles. The van der Waals surface area contributed by atoms with Crippen molar-refractivity contribution < 1.29 is 19.8 Å². The van der Waals surface area contributed by atoms with Gasteiger partial charge in [0, 0.05) is 21.2 Å². The molecule has 0 saturated heterocycles. The fourth-order valence-electron chi connectivity index (χ4n) is 3.30. The maximum absolute atomic E-state index is 11.9. The van der Waals surface area contributed by atoms with Gasteiger partial charge < -0.3 is 10.2 Å². The number of rotatable bonds is 8. The van der Waals surface area contributed by atoms with Crippen LogP contribution in [-0.4, -0.2) is 21.8 Å². The summed E-state index contributed by atoms with van der Waals surface area (Å²) < 4.78 is 0. The molecule has 6 heteroatoms. The molecule has 0 spiro atoms. The van der Waals surface area contributed by atoms with E-state index in [4.69, 9.17) is 23.2 Å². The summed E-state index contributed by atoms with van der Waals surface area (Å²) in [5.74, 6) is -0.321. The molecule has 4 aromatic carbocycles. The monoisotopic (exact) mass is 544 g/mol. The Morgan fingerprint density at radius 2 is 0.842 bits per heavy atom. The molecular weight excluding hydrogens is 519 g/mol. The third-order valence-electron chi connectivity index (χ3n) is 5.40. The van der Waals surface area contributed by atoms with Crippen LogP contribution in [0.25, 0.3) is 0 Å². The van der Waals surface area contributed by atoms with Crippen molar-refractivity contribution in [2.45, 2.75) is 12.2 Å². The number of aliphatic hydroxyl groups is 2. The second-order valence-corrected chi connectivity index (χ2v) is 9.04.